The Morgan fingerprint density at radius 2 is 1.56 bits per heavy atom. The van der Waals surface area contributed by atoms with E-state index < -0.39 is 21.5 Å². The van der Waals surface area contributed by atoms with Crippen LogP contribution in [-0.4, -0.2) is 29.4 Å². The van der Waals surface area contributed by atoms with E-state index in [0.29, 0.717) is 12.8 Å². The molecule has 2 unspecified atom stereocenters. The van der Waals surface area contributed by atoms with Crippen molar-refractivity contribution in [1.82, 2.24) is 0 Å². The molecule has 0 aliphatic carbocycles. The van der Waals surface area contributed by atoms with E-state index in [-0.39, 0.29) is 6.42 Å². The first-order chi connectivity index (χ1) is 8.41. The fourth-order valence-corrected chi connectivity index (χ4v) is 2.97. The second-order valence-corrected chi connectivity index (χ2v) is 6.69. The largest absolute Gasteiger partial charge is 0.393 e. The minimum atomic E-state index is -4.01. The van der Waals surface area contributed by atoms with Crippen molar-refractivity contribution in [2.75, 3.05) is 0 Å². The molecule has 0 heterocycles. The summed E-state index contributed by atoms with van der Waals surface area (Å²) in [6, 6.07) is 0. The maximum Gasteiger partial charge on any atom is 0.267 e. The van der Waals surface area contributed by atoms with Crippen LogP contribution in [0.1, 0.15) is 71.6 Å². The molecule has 0 rings (SSSR count). The molecule has 0 bridgehead atoms. The van der Waals surface area contributed by atoms with Crippen molar-refractivity contribution in [3.05, 3.63) is 0 Å². The van der Waals surface area contributed by atoms with Gasteiger partial charge in [0, 0.05) is 0 Å². The summed E-state index contributed by atoms with van der Waals surface area (Å²) in [5.74, 6) is 0. The second kappa shape index (κ2) is 9.75. The molecule has 0 saturated carbocycles. The lowest BCUT2D eigenvalue weighted by atomic mass is 10.0. The van der Waals surface area contributed by atoms with E-state index in [4.69, 9.17) is 4.55 Å². The number of aliphatic hydroxyl groups is 1. The number of hydrogen-bond acceptors (Lipinski definition) is 3. The monoisotopic (exact) mass is 280 g/mol. The van der Waals surface area contributed by atoms with E-state index >= 15 is 0 Å². The lowest BCUT2D eigenvalue weighted by Gasteiger charge is -2.16. The van der Waals surface area contributed by atoms with Crippen LogP contribution in [0.25, 0.3) is 0 Å². The second-order valence-electron chi connectivity index (χ2n) is 4.99. The van der Waals surface area contributed by atoms with Gasteiger partial charge in [-0.05, 0) is 19.3 Å². The minimum Gasteiger partial charge on any atom is -0.393 e. The predicted octanol–water partition coefficient (Wildman–Crippen LogP) is 3.15. The molecule has 0 aliphatic heterocycles. The summed E-state index contributed by atoms with van der Waals surface area (Å²) >= 11 is 0. The zero-order chi connectivity index (χ0) is 14.0. The maximum absolute atomic E-state index is 11.0. The highest BCUT2D eigenvalue weighted by Gasteiger charge is 2.23. The molecule has 2 N–H and O–H groups in total. The summed E-state index contributed by atoms with van der Waals surface area (Å²) in [6.07, 6.45) is 7.37. The Morgan fingerprint density at radius 3 is 2.06 bits per heavy atom. The molecule has 2 atom stereocenters. The SMILES string of the molecule is CCCCCCCCC(O)CC(CC)S(=O)(=O)O. The molecule has 0 aromatic rings. The lowest BCUT2D eigenvalue weighted by molar-refractivity contribution is 0.147. The van der Waals surface area contributed by atoms with E-state index in [0.717, 1.165) is 12.8 Å². The third-order valence-corrected chi connectivity index (χ3v) is 4.67. The highest BCUT2D eigenvalue weighted by Crippen LogP contribution is 2.16. The Hall–Kier alpha value is -0.130. The standard InChI is InChI=1S/C13H28O4S/c1-3-5-6-7-8-9-10-12(14)11-13(4-2)18(15,16)17/h12-14H,3-11H2,1-2H3,(H,15,16,17). The molecular formula is C13H28O4S. The number of rotatable bonds is 11. The Bertz CT molecular complexity index is 287. The van der Waals surface area contributed by atoms with Crippen LogP contribution in [0.5, 0.6) is 0 Å². The molecule has 0 aromatic heterocycles. The van der Waals surface area contributed by atoms with Gasteiger partial charge in [-0.25, -0.2) is 0 Å². The van der Waals surface area contributed by atoms with E-state index in [1.165, 1.54) is 25.7 Å². The van der Waals surface area contributed by atoms with Gasteiger partial charge in [0.2, 0.25) is 0 Å². The number of aliphatic hydroxyl groups excluding tert-OH is 1. The predicted molar refractivity (Wildman–Crippen MR) is 74.2 cm³/mol. The van der Waals surface area contributed by atoms with Crippen LogP contribution in [-0.2, 0) is 10.1 Å². The van der Waals surface area contributed by atoms with Gasteiger partial charge in [-0.2, -0.15) is 8.42 Å². The van der Waals surface area contributed by atoms with Crippen LogP contribution in [0.3, 0.4) is 0 Å². The summed E-state index contributed by atoms with van der Waals surface area (Å²) in [4.78, 5) is 0. The normalized spacial score (nSPS) is 15.6. The average molecular weight is 280 g/mol. The quantitative estimate of drug-likeness (QED) is 0.450. The minimum absolute atomic E-state index is 0.143. The highest BCUT2D eigenvalue weighted by molar-refractivity contribution is 7.86. The van der Waals surface area contributed by atoms with Crippen molar-refractivity contribution in [3.8, 4) is 0 Å². The van der Waals surface area contributed by atoms with Crippen LogP contribution in [0, 0.1) is 0 Å². The topological polar surface area (TPSA) is 74.6 Å². The molecule has 4 nitrogen and oxygen atoms in total. The van der Waals surface area contributed by atoms with Crippen LogP contribution in [0.4, 0.5) is 0 Å². The zero-order valence-corrected chi connectivity index (χ0v) is 12.5. The Kier molecular flexibility index (Phi) is 9.68. The van der Waals surface area contributed by atoms with Crippen LogP contribution in [0.2, 0.25) is 0 Å². The molecular weight excluding hydrogens is 252 g/mol. The maximum atomic E-state index is 11.0. The van der Waals surface area contributed by atoms with Gasteiger partial charge in [0.1, 0.15) is 0 Å². The summed E-state index contributed by atoms with van der Waals surface area (Å²) in [5.41, 5.74) is 0. The number of unbranched alkanes of at least 4 members (excludes halogenated alkanes) is 5. The molecule has 0 aromatic carbocycles. The Morgan fingerprint density at radius 1 is 1.00 bits per heavy atom. The first-order valence-corrected chi connectivity index (χ1v) is 8.56. The molecule has 0 fully saturated rings. The van der Waals surface area contributed by atoms with Crippen molar-refractivity contribution in [3.63, 3.8) is 0 Å². The summed E-state index contributed by atoms with van der Waals surface area (Å²) in [5, 5.41) is 8.91. The van der Waals surface area contributed by atoms with Gasteiger partial charge >= 0.3 is 0 Å². The molecule has 0 spiro atoms. The summed E-state index contributed by atoms with van der Waals surface area (Å²) in [7, 11) is -4.01. The van der Waals surface area contributed by atoms with Gasteiger partial charge < -0.3 is 5.11 Å². The Balaban J connectivity index is 3.73. The van der Waals surface area contributed by atoms with E-state index in [2.05, 4.69) is 6.92 Å². The molecule has 0 saturated heterocycles. The molecule has 18 heavy (non-hydrogen) atoms. The Labute approximate surface area is 112 Å². The van der Waals surface area contributed by atoms with Crippen LogP contribution in [0.15, 0.2) is 0 Å². The third-order valence-electron chi connectivity index (χ3n) is 3.30. The van der Waals surface area contributed by atoms with Crippen molar-refractivity contribution in [2.24, 2.45) is 0 Å². The van der Waals surface area contributed by atoms with Gasteiger partial charge in [-0.15, -0.1) is 0 Å². The third kappa shape index (κ3) is 8.89. The van der Waals surface area contributed by atoms with Crippen LogP contribution < -0.4 is 0 Å². The zero-order valence-electron chi connectivity index (χ0n) is 11.6. The van der Waals surface area contributed by atoms with Gasteiger partial charge in [-0.1, -0.05) is 52.4 Å². The number of hydrogen-bond donors (Lipinski definition) is 2. The van der Waals surface area contributed by atoms with Crippen molar-refractivity contribution < 1.29 is 18.1 Å². The molecule has 0 amide bonds. The van der Waals surface area contributed by atoms with Crippen molar-refractivity contribution in [1.29, 1.82) is 0 Å². The van der Waals surface area contributed by atoms with Crippen molar-refractivity contribution >= 4 is 10.1 Å². The summed E-state index contributed by atoms with van der Waals surface area (Å²) in [6.45, 7) is 3.87. The first kappa shape index (κ1) is 17.9. The highest BCUT2D eigenvalue weighted by atomic mass is 32.2. The summed E-state index contributed by atoms with van der Waals surface area (Å²) < 4.78 is 30.9. The van der Waals surface area contributed by atoms with Gasteiger partial charge in [0.25, 0.3) is 10.1 Å². The molecule has 110 valence electrons. The van der Waals surface area contributed by atoms with E-state index in [9.17, 15) is 13.5 Å². The van der Waals surface area contributed by atoms with Gasteiger partial charge in [0.05, 0.1) is 11.4 Å². The van der Waals surface area contributed by atoms with Crippen LogP contribution >= 0.6 is 0 Å². The van der Waals surface area contributed by atoms with Crippen molar-refractivity contribution in [2.45, 2.75) is 83.0 Å². The molecule has 0 aliphatic rings. The van der Waals surface area contributed by atoms with Gasteiger partial charge in [0.15, 0.2) is 0 Å². The smallest absolute Gasteiger partial charge is 0.267 e. The fraction of sp³-hybridized carbons (Fsp3) is 1.00. The first-order valence-electron chi connectivity index (χ1n) is 7.06. The van der Waals surface area contributed by atoms with E-state index in [1.807, 2.05) is 0 Å². The van der Waals surface area contributed by atoms with Gasteiger partial charge in [-0.3, -0.25) is 4.55 Å². The fourth-order valence-electron chi connectivity index (χ4n) is 2.08. The molecule has 5 heteroatoms. The van der Waals surface area contributed by atoms with E-state index in [1.54, 1.807) is 6.92 Å². The molecule has 0 radical (unpaired) electrons. The lowest BCUT2D eigenvalue weighted by Crippen LogP contribution is -2.25. The average Bonchev–Trinajstić information content (AvgIpc) is 2.29.